The second kappa shape index (κ2) is 49.5. The third-order valence-corrected chi connectivity index (χ3v) is 25.0. The molecule has 11 saturated heterocycles. The fraction of sp³-hybridized carbons (Fsp3) is 0.934. The number of hydrogen-bond acceptors (Lipinski definition) is 56. The first-order chi connectivity index (χ1) is 64.8. The Morgan fingerprint density at radius 3 is 0.803 bits per heavy atom. The number of carbonyl (C=O) groups is 5. The van der Waals surface area contributed by atoms with Crippen LogP contribution in [0.5, 0.6) is 0 Å². The van der Waals surface area contributed by atoms with Gasteiger partial charge in [-0.3, -0.25) is 24.0 Å². The predicted octanol–water partition coefficient (Wildman–Crippen LogP) is -24.3. The summed E-state index contributed by atoms with van der Waals surface area (Å²) in [4.78, 5) is 65.0. The van der Waals surface area contributed by atoms with Crippen LogP contribution in [0.15, 0.2) is 0 Å². The van der Waals surface area contributed by atoms with Gasteiger partial charge in [-0.15, -0.1) is 0 Å². The molecule has 35 N–H and O–H groups in total. The van der Waals surface area contributed by atoms with Crippen LogP contribution in [0.1, 0.15) is 34.6 Å². The van der Waals surface area contributed by atoms with E-state index in [2.05, 4.69) is 26.6 Å². The Balaban J connectivity index is 0.973. The van der Waals surface area contributed by atoms with Crippen LogP contribution in [-0.4, -0.2) is 593 Å². The number of amides is 5. The summed E-state index contributed by atoms with van der Waals surface area (Å²) < 4.78 is 126. The summed E-state index contributed by atoms with van der Waals surface area (Å²) in [6, 6.07) is -9.69. The summed E-state index contributed by atoms with van der Waals surface area (Å²) >= 11 is 0. The van der Waals surface area contributed by atoms with E-state index in [1.165, 1.54) is 0 Å². The lowest BCUT2D eigenvalue weighted by Crippen LogP contribution is -2.71. The summed E-state index contributed by atoms with van der Waals surface area (Å²) in [7, 11) is 0. The van der Waals surface area contributed by atoms with Crippen LogP contribution in [0, 0.1) is 0 Å². The zero-order valence-electron chi connectivity index (χ0n) is 73.6. The number of ether oxygens (including phenoxy) is 21. The number of hydrogen-bond donors (Lipinski definition) is 35. The van der Waals surface area contributed by atoms with Crippen molar-refractivity contribution in [2.45, 2.75) is 372 Å². The van der Waals surface area contributed by atoms with Gasteiger partial charge in [0.25, 0.3) is 0 Å². The molecule has 0 aromatic carbocycles. The molecular weight excluding hydrogens is 1880 g/mol. The largest absolute Gasteiger partial charge is 0.394 e. The highest BCUT2D eigenvalue weighted by atomic mass is 16.8. The molecule has 0 radical (unpaired) electrons. The SMILES string of the molecule is CC(=O)N[C@@H]1[C@@H](O)[C@H](O[C@@H]2O[C@H](CO)[C@@H](O[C@@H]3O[C@H](CO[C@H]4O[C@H](CO[C@@H]5O[C@H](CO)[C@@H](O[C@@H]6O[C@H](CO)[C@H](O)[C@H](O)[C@H]6O)[C@@H](O)[C@H]5NC(C)=O)[C@@H](O)[C@H](O)[C@@H]4O[C@@H]4O[C@H](CO)[C@@H](O[C@@H]5O[C@H](CO)[C@H](O)[C@H](O)[C@H]5O)[C@H](O)[C@H]4NC(C)=O)[C@@H](O)[C@H](O[C@H]4O[C@H](CO)[C@@H](O)[C@H](O)[C@@H]4O[C@@H]4O[C@H](CO)[C@@H](O)[C@H](O[C@@H]5O[C@H](CO)[C@H](O)[C@H](O)[C@@H]5O)[C@H]4NC(C)=O)[C@@H]3O)[C@H](O)[C@H]2NC(C)=O)[C@@H](CO)O[C@H]1O. The molecule has 11 aliphatic heterocycles. The van der Waals surface area contributed by atoms with Crippen molar-refractivity contribution in [3.63, 3.8) is 0 Å². The smallest absolute Gasteiger partial charge is 0.217 e. The number of rotatable bonds is 36. The minimum absolute atomic E-state index is 0.829. The molecule has 11 aliphatic rings. The van der Waals surface area contributed by atoms with E-state index in [-0.39, 0.29) is 0 Å². The van der Waals surface area contributed by atoms with E-state index < -0.39 is 440 Å². The van der Waals surface area contributed by atoms with Crippen molar-refractivity contribution in [3.05, 3.63) is 0 Å². The maximum absolute atomic E-state index is 13.2. The van der Waals surface area contributed by atoms with Crippen LogP contribution >= 0.6 is 0 Å². The van der Waals surface area contributed by atoms with Crippen molar-refractivity contribution >= 4 is 29.5 Å². The zero-order valence-corrected chi connectivity index (χ0v) is 73.6. The first-order valence-electron chi connectivity index (χ1n) is 43.6. The summed E-state index contributed by atoms with van der Waals surface area (Å²) in [5.74, 6) is -4.81. The van der Waals surface area contributed by atoms with Crippen molar-refractivity contribution in [1.82, 2.24) is 26.6 Å². The number of aliphatic hydroxyl groups excluding tert-OH is 30. The van der Waals surface area contributed by atoms with E-state index in [1.54, 1.807) is 0 Å². The van der Waals surface area contributed by atoms with Crippen molar-refractivity contribution in [3.8, 4) is 0 Å². The normalized spacial score (nSPS) is 48.9. The van der Waals surface area contributed by atoms with E-state index in [1.807, 2.05) is 0 Å². The average molecular weight is 2010 g/mol. The molecule has 0 unspecified atom stereocenters. The summed E-state index contributed by atoms with van der Waals surface area (Å²) in [5.41, 5.74) is 0. The van der Waals surface area contributed by atoms with Gasteiger partial charge in [0.2, 0.25) is 29.5 Å². The lowest BCUT2D eigenvalue weighted by molar-refractivity contribution is -0.399. The molecular formula is C76H127N5O56. The van der Waals surface area contributed by atoms with Gasteiger partial charge < -0.3 is 279 Å². The molecule has 61 nitrogen and oxygen atoms in total. The number of carbonyl (C=O) groups excluding carboxylic acids is 5. The minimum atomic E-state index is -2.71. The van der Waals surface area contributed by atoms with Gasteiger partial charge in [0.1, 0.15) is 268 Å². The Morgan fingerprint density at radius 1 is 0.190 bits per heavy atom. The molecule has 137 heavy (non-hydrogen) atoms. The van der Waals surface area contributed by atoms with E-state index in [0.29, 0.717) is 0 Å². The van der Waals surface area contributed by atoms with Crippen molar-refractivity contribution in [2.24, 2.45) is 0 Å². The highest BCUT2D eigenvalue weighted by Crippen LogP contribution is 2.42. The Hall–Kier alpha value is -4.69. The third-order valence-electron chi connectivity index (χ3n) is 25.0. The van der Waals surface area contributed by atoms with E-state index in [9.17, 15) is 177 Å². The molecule has 11 rings (SSSR count). The van der Waals surface area contributed by atoms with E-state index >= 15 is 0 Å². The van der Waals surface area contributed by atoms with Gasteiger partial charge >= 0.3 is 0 Å². The van der Waals surface area contributed by atoms with E-state index in [0.717, 1.165) is 34.6 Å². The molecule has 0 bridgehead atoms. The van der Waals surface area contributed by atoms with Crippen LogP contribution in [0.4, 0.5) is 0 Å². The molecule has 0 aromatic heterocycles. The van der Waals surface area contributed by atoms with Gasteiger partial charge in [0, 0.05) is 34.6 Å². The molecule has 11 heterocycles. The predicted molar refractivity (Wildman–Crippen MR) is 420 cm³/mol. The summed E-state index contributed by atoms with van der Waals surface area (Å²) in [5, 5.41) is 349. The zero-order chi connectivity index (χ0) is 101. The highest BCUT2D eigenvalue weighted by molar-refractivity contribution is 5.75. The maximum atomic E-state index is 13.2. The van der Waals surface area contributed by atoms with Crippen molar-refractivity contribution in [2.75, 3.05) is 72.7 Å². The Bertz CT molecular complexity index is 3780. The Kier molecular flexibility index (Phi) is 40.7. The fourth-order valence-electron chi connectivity index (χ4n) is 17.7. The molecule has 792 valence electrons. The molecule has 0 aliphatic carbocycles. The molecule has 11 fully saturated rings. The minimum Gasteiger partial charge on any atom is -0.394 e. The molecule has 55 atom stereocenters. The lowest BCUT2D eigenvalue weighted by Gasteiger charge is -2.51. The second-order valence-electron chi connectivity index (χ2n) is 34.6. The van der Waals surface area contributed by atoms with Crippen LogP contribution < -0.4 is 26.6 Å². The molecule has 0 saturated carbocycles. The van der Waals surface area contributed by atoms with Crippen LogP contribution in [0.2, 0.25) is 0 Å². The Labute approximate surface area is 775 Å². The van der Waals surface area contributed by atoms with Crippen molar-refractivity contribution < 1.29 is 277 Å². The first kappa shape index (κ1) is 113. The third kappa shape index (κ3) is 25.2. The average Bonchev–Trinajstić information content (AvgIpc) is 0.896. The fourth-order valence-corrected chi connectivity index (χ4v) is 17.7. The quantitative estimate of drug-likeness (QED) is 0.0277. The van der Waals surface area contributed by atoms with E-state index in [4.69, 9.17) is 99.5 Å². The molecule has 0 spiro atoms. The van der Waals surface area contributed by atoms with Gasteiger partial charge in [-0.1, -0.05) is 0 Å². The maximum Gasteiger partial charge on any atom is 0.217 e. The lowest BCUT2D eigenvalue weighted by atomic mass is 9.93. The molecule has 5 amide bonds. The number of nitrogens with one attached hydrogen (secondary N) is 5. The van der Waals surface area contributed by atoms with Gasteiger partial charge in [0.05, 0.1) is 72.7 Å². The summed E-state index contributed by atoms with van der Waals surface area (Å²) in [6.07, 6.45) is -108. The number of aliphatic hydroxyl groups is 30. The van der Waals surface area contributed by atoms with Gasteiger partial charge in [-0.25, -0.2) is 0 Å². The van der Waals surface area contributed by atoms with Crippen LogP contribution in [0.3, 0.4) is 0 Å². The van der Waals surface area contributed by atoms with Crippen LogP contribution in [-0.2, 0) is 123 Å². The van der Waals surface area contributed by atoms with Crippen LogP contribution in [0.25, 0.3) is 0 Å². The summed E-state index contributed by atoms with van der Waals surface area (Å²) in [6.45, 7) is -8.06. The monoisotopic (exact) mass is 2010 g/mol. The first-order valence-corrected chi connectivity index (χ1v) is 43.6. The molecule has 61 heteroatoms. The Morgan fingerprint density at radius 2 is 0.416 bits per heavy atom. The van der Waals surface area contributed by atoms with Crippen molar-refractivity contribution in [1.29, 1.82) is 0 Å². The molecule has 0 aromatic rings. The van der Waals surface area contributed by atoms with Gasteiger partial charge in [-0.2, -0.15) is 0 Å². The van der Waals surface area contributed by atoms with Gasteiger partial charge in [0.15, 0.2) is 69.2 Å². The van der Waals surface area contributed by atoms with Gasteiger partial charge in [-0.05, 0) is 0 Å². The highest BCUT2D eigenvalue weighted by Gasteiger charge is 2.63. The standard InChI is InChI=1S/C76H127N5O56/c1-17(91)77-33-45(103)58(27(11-87)119-66(33)116)130-68-35(79-19(3)93)47(105)61(30(14-90)126-68)133-74-57(115)63(135-76-65(52(110)41(99)25(9-85)124-76)137-70-37(81-21(5)95)62(43(101)26(10-86)120-70)134-73-56(114)51(109)40(98)24(8-84)123-73)44(102)32(128-74)16-118-75-64(136-69-36(80-20(4)94)48(106)60(29(13-89)127-69)132-72-55(113)50(108)39(97)23(7-83)122-72)53(111)42(100)31(129-75)15-117-67-34(78-18(2)92)46(104)59(28(12-88)125-67)131-71-54(112)49(107)38(96)22(6-82)121-71/h22-76,82-90,96-116H,6-16H2,1-5H3,(H,77,91)(H,78,92)(H,79,93)(H,80,94)(H,81,95)/t22-,23-,24-,25-,26-,27-,28-,29-,30-,31-,32-,33-,34-,35-,36-,37-,38+,39+,40+,41-,42-,43-,44-,45-,46+,47-,48-,49+,50+,51+,52+,53+,54-,55-,56+,57+,58-,59-,60-,61-,62-,63+,64+,65+,66-,67-,68+,69+,70+,71+,72+,73+,74+,75+,76-/m1/s1. The second-order valence-corrected chi connectivity index (χ2v) is 34.6. The topological polar surface area (TPSA) is 946 Å².